The number of nitrogens with zero attached hydrogens (tertiary/aromatic N) is 1. The van der Waals surface area contributed by atoms with Crippen molar-refractivity contribution in [1.29, 1.82) is 0 Å². The minimum atomic E-state index is -1.42. The molecule has 0 aromatic heterocycles. The number of ether oxygens (including phenoxy) is 3. The number of hydrogen-bond donors (Lipinski definition) is 0. The van der Waals surface area contributed by atoms with Crippen LogP contribution in [0.3, 0.4) is 0 Å². The highest BCUT2D eigenvalue weighted by atomic mass is 16.6. The molecule has 29 heavy (non-hydrogen) atoms. The molecule has 0 bridgehead atoms. The second-order valence-electron chi connectivity index (χ2n) is 6.87. The number of methoxy groups -OCH3 is 1. The van der Waals surface area contributed by atoms with Gasteiger partial charge in [0.2, 0.25) is 0 Å². The minimum Gasteiger partial charge on any atom is -0.497 e. The number of esters is 2. The third kappa shape index (κ3) is 3.79. The Hall–Kier alpha value is -3.02. The molecule has 6 heteroatoms. The summed E-state index contributed by atoms with van der Waals surface area (Å²) in [6, 6.07) is 16.6. The van der Waals surface area contributed by atoms with Gasteiger partial charge in [0.25, 0.3) is 0 Å². The van der Waals surface area contributed by atoms with Crippen LogP contribution in [0.25, 0.3) is 0 Å². The highest BCUT2D eigenvalue weighted by Crippen LogP contribution is 2.51. The Bertz CT molecular complexity index is 816. The lowest BCUT2D eigenvalue weighted by Gasteiger charge is -2.35. The van der Waals surface area contributed by atoms with E-state index in [2.05, 4.69) is 4.90 Å². The van der Waals surface area contributed by atoms with E-state index in [-0.39, 0.29) is 13.2 Å². The molecule has 1 aliphatic rings. The Kier molecular flexibility index (Phi) is 6.42. The van der Waals surface area contributed by atoms with Crippen LogP contribution in [0.2, 0.25) is 0 Å². The van der Waals surface area contributed by atoms with Crippen LogP contribution in [0.5, 0.6) is 5.75 Å². The molecular weight excluding hydrogens is 370 g/mol. The first-order valence-electron chi connectivity index (χ1n) is 9.88. The molecule has 6 nitrogen and oxygen atoms in total. The summed E-state index contributed by atoms with van der Waals surface area (Å²) in [6.07, 6.45) is 0.316. The summed E-state index contributed by atoms with van der Waals surface area (Å²) in [5.74, 6) is -0.335. The summed E-state index contributed by atoms with van der Waals surface area (Å²) in [4.78, 5) is 28.4. The van der Waals surface area contributed by atoms with Gasteiger partial charge in [-0.2, -0.15) is 0 Å². The van der Waals surface area contributed by atoms with Gasteiger partial charge in [0.05, 0.1) is 26.4 Å². The SMILES string of the molecule is CCOC(=O)C1(C(=O)OCC)CCN(c2ccc(OC)cc2)C1c1ccccc1. The number of anilines is 1. The predicted molar refractivity (Wildman–Crippen MR) is 110 cm³/mol. The smallest absolute Gasteiger partial charge is 0.326 e. The van der Waals surface area contributed by atoms with Gasteiger partial charge in [-0.15, -0.1) is 0 Å². The van der Waals surface area contributed by atoms with Crippen molar-refractivity contribution in [2.45, 2.75) is 26.3 Å². The lowest BCUT2D eigenvalue weighted by atomic mass is 9.76. The molecule has 2 aromatic rings. The molecule has 1 fully saturated rings. The Morgan fingerprint density at radius 1 is 0.966 bits per heavy atom. The Morgan fingerprint density at radius 2 is 1.55 bits per heavy atom. The normalized spacial score (nSPS) is 17.6. The number of carbonyl (C=O) groups excluding carboxylic acids is 2. The van der Waals surface area contributed by atoms with Crippen LogP contribution in [-0.2, 0) is 19.1 Å². The maximum Gasteiger partial charge on any atom is 0.326 e. The Labute approximate surface area is 171 Å². The topological polar surface area (TPSA) is 65.1 Å². The van der Waals surface area contributed by atoms with Gasteiger partial charge in [-0.25, -0.2) is 0 Å². The first-order valence-corrected chi connectivity index (χ1v) is 9.88. The largest absolute Gasteiger partial charge is 0.497 e. The van der Waals surface area contributed by atoms with E-state index in [0.29, 0.717) is 13.0 Å². The van der Waals surface area contributed by atoms with Crippen molar-refractivity contribution in [2.24, 2.45) is 5.41 Å². The van der Waals surface area contributed by atoms with Crippen LogP contribution in [-0.4, -0.2) is 38.8 Å². The fourth-order valence-corrected chi connectivity index (χ4v) is 4.01. The van der Waals surface area contributed by atoms with Crippen molar-refractivity contribution >= 4 is 17.6 Å². The summed E-state index contributed by atoms with van der Waals surface area (Å²) >= 11 is 0. The standard InChI is InChI=1S/C23H27NO5/c1-4-28-21(25)23(22(26)29-5-2)15-16-24(18-11-13-19(27-3)14-12-18)20(23)17-9-7-6-8-10-17/h6-14,20H,4-5,15-16H2,1-3H3. The molecule has 1 aliphatic heterocycles. The molecule has 1 unspecified atom stereocenters. The second-order valence-corrected chi connectivity index (χ2v) is 6.87. The van der Waals surface area contributed by atoms with Crippen LogP contribution in [0.4, 0.5) is 5.69 Å². The number of rotatable bonds is 7. The Balaban J connectivity index is 2.13. The van der Waals surface area contributed by atoms with Gasteiger partial charge in [-0.3, -0.25) is 9.59 Å². The van der Waals surface area contributed by atoms with E-state index in [9.17, 15) is 9.59 Å². The fraction of sp³-hybridized carbons (Fsp3) is 0.391. The number of carbonyl (C=O) groups is 2. The predicted octanol–water partition coefficient (Wildman–Crippen LogP) is 3.76. The van der Waals surface area contributed by atoms with E-state index in [4.69, 9.17) is 14.2 Å². The van der Waals surface area contributed by atoms with Crippen molar-refractivity contribution in [3.63, 3.8) is 0 Å². The van der Waals surface area contributed by atoms with Gasteiger partial charge in [-0.1, -0.05) is 30.3 Å². The molecule has 0 aliphatic carbocycles. The molecule has 0 amide bonds. The zero-order valence-corrected chi connectivity index (χ0v) is 17.1. The third-order valence-electron chi connectivity index (χ3n) is 5.32. The van der Waals surface area contributed by atoms with Gasteiger partial charge >= 0.3 is 11.9 Å². The molecule has 0 saturated carbocycles. The van der Waals surface area contributed by atoms with Gasteiger partial charge < -0.3 is 19.1 Å². The zero-order valence-electron chi connectivity index (χ0n) is 17.1. The molecule has 0 N–H and O–H groups in total. The van der Waals surface area contributed by atoms with Crippen LogP contribution < -0.4 is 9.64 Å². The lowest BCUT2D eigenvalue weighted by Crippen LogP contribution is -2.46. The summed E-state index contributed by atoms with van der Waals surface area (Å²) in [6.45, 7) is 4.40. The maximum atomic E-state index is 13.2. The fourth-order valence-electron chi connectivity index (χ4n) is 4.01. The quantitative estimate of drug-likeness (QED) is 0.524. The molecule has 0 radical (unpaired) electrons. The van der Waals surface area contributed by atoms with Crippen LogP contribution in [0, 0.1) is 5.41 Å². The molecule has 154 valence electrons. The highest BCUT2D eigenvalue weighted by molar-refractivity contribution is 6.02. The van der Waals surface area contributed by atoms with Gasteiger partial charge in [0.15, 0.2) is 5.41 Å². The molecule has 0 spiro atoms. The molecule has 2 aromatic carbocycles. The van der Waals surface area contributed by atoms with Crippen molar-refractivity contribution in [3.05, 3.63) is 60.2 Å². The van der Waals surface area contributed by atoms with Crippen molar-refractivity contribution < 1.29 is 23.8 Å². The van der Waals surface area contributed by atoms with E-state index >= 15 is 0 Å². The van der Waals surface area contributed by atoms with E-state index in [1.54, 1.807) is 21.0 Å². The summed E-state index contributed by atoms with van der Waals surface area (Å²) in [5, 5.41) is 0. The van der Waals surface area contributed by atoms with Crippen LogP contribution in [0.1, 0.15) is 31.9 Å². The van der Waals surface area contributed by atoms with Crippen LogP contribution >= 0.6 is 0 Å². The van der Waals surface area contributed by atoms with Gasteiger partial charge in [0, 0.05) is 12.2 Å². The van der Waals surface area contributed by atoms with Gasteiger partial charge in [0.1, 0.15) is 5.75 Å². The Morgan fingerprint density at radius 3 is 2.07 bits per heavy atom. The average molecular weight is 397 g/mol. The van der Waals surface area contributed by atoms with Crippen molar-refractivity contribution in [2.75, 3.05) is 31.8 Å². The molecule has 1 atom stereocenters. The first-order chi connectivity index (χ1) is 14.1. The molecule has 3 rings (SSSR count). The van der Waals surface area contributed by atoms with E-state index in [1.807, 2.05) is 54.6 Å². The van der Waals surface area contributed by atoms with Crippen LogP contribution in [0.15, 0.2) is 54.6 Å². The molecule has 1 saturated heterocycles. The zero-order chi connectivity index (χ0) is 20.9. The average Bonchev–Trinajstić information content (AvgIpc) is 3.16. The minimum absolute atomic E-state index is 0.198. The van der Waals surface area contributed by atoms with E-state index < -0.39 is 23.4 Å². The summed E-state index contributed by atoms with van der Waals surface area (Å²) in [7, 11) is 1.62. The van der Waals surface area contributed by atoms with Gasteiger partial charge in [-0.05, 0) is 50.1 Å². The van der Waals surface area contributed by atoms with E-state index in [0.717, 1.165) is 17.0 Å². The van der Waals surface area contributed by atoms with Crippen molar-refractivity contribution in [3.8, 4) is 5.75 Å². The maximum absolute atomic E-state index is 13.2. The number of benzene rings is 2. The second kappa shape index (κ2) is 8.99. The molecule has 1 heterocycles. The third-order valence-corrected chi connectivity index (χ3v) is 5.32. The van der Waals surface area contributed by atoms with Crippen molar-refractivity contribution in [1.82, 2.24) is 0 Å². The molecular formula is C23H27NO5. The first kappa shape index (κ1) is 20.7. The monoisotopic (exact) mass is 397 g/mol. The summed E-state index contributed by atoms with van der Waals surface area (Å²) in [5.41, 5.74) is 0.338. The highest BCUT2D eigenvalue weighted by Gasteiger charge is 2.61. The lowest BCUT2D eigenvalue weighted by molar-refractivity contribution is -0.172. The van der Waals surface area contributed by atoms with E-state index in [1.165, 1.54) is 0 Å². The summed E-state index contributed by atoms with van der Waals surface area (Å²) < 4.78 is 16.0. The number of hydrogen-bond acceptors (Lipinski definition) is 6.